The first-order valence-corrected chi connectivity index (χ1v) is 7.93. The number of nitrogens with zero attached hydrogens (tertiary/aromatic N) is 1. The molecule has 1 saturated heterocycles. The summed E-state index contributed by atoms with van der Waals surface area (Å²) in [7, 11) is 0. The molecule has 20 heavy (non-hydrogen) atoms. The van der Waals surface area contributed by atoms with Crippen molar-refractivity contribution < 1.29 is 0 Å². The summed E-state index contributed by atoms with van der Waals surface area (Å²) in [6, 6.07) is 10.0. The number of hydrogen-bond donors (Lipinski definition) is 2. The molecule has 3 nitrogen and oxygen atoms in total. The third kappa shape index (κ3) is 1.88. The maximum atomic E-state index is 3.71. The lowest BCUT2D eigenvalue weighted by atomic mass is 9.88. The molecule has 0 unspecified atom stereocenters. The Balaban J connectivity index is 1.73. The molecule has 1 fully saturated rings. The molecule has 0 bridgehead atoms. The molecular formula is C17H23N3. The maximum absolute atomic E-state index is 3.71. The minimum absolute atomic E-state index is 0.587. The number of H-pyrrole nitrogens is 1. The number of benzene rings is 1. The van der Waals surface area contributed by atoms with Crippen LogP contribution < -0.4 is 5.32 Å². The van der Waals surface area contributed by atoms with Crippen LogP contribution in [0.5, 0.6) is 0 Å². The third-order valence-corrected chi connectivity index (χ3v) is 5.04. The van der Waals surface area contributed by atoms with Gasteiger partial charge >= 0.3 is 0 Å². The minimum Gasteiger partial charge on any atom is -0.357 e. The van der Waals surface area contributed by atoms with E-state index in [1.807, 2.05) is 0 Å². The van der Waals surface area contributed by atoms with Crippen LogP contribution in [0.4, 0.5) is 0 Å². The first-order valence-electron chi connectivity index (χ1n) is 7.93. The van der Waals surface area contributed by atoms with E-state index in [2.05, 4.69) is 46.4 Å². The van der Waals surface area contributed by atoms with Crippen molar-refractivity contribution in [1.29, 1.82) is 0 Å². The molecule has 3 heterocycles. The topological polar surface area (TPSA) is 31.1 Å². The number of para-hydroxylation sites is 1. The molecule has 2 aromatic rings. The van der Waals surface area contributed by atoms with Crippen LogP contribution in [-0.2, 0) is 6.42 Å². The molecular weight excluding hydrogens is 246 g/mol. The molecule has 0 radical (unpaired) electrons. The highest BCUT2D eigenvalue weighted by Crippen LogP contribution is 2.39. The summed E-state index contributed by atoms with van der Waals surface area (Å²) < 4.78 is 0. The molecule has 106 valence electrons. The molecule has 1 aromatic carbocycles. The van der Waals surface area contributed by atoms with Crippen molar-refractivity contribution in [2.75, 3.05) is 19.6 Å². The number of hydrogen-bond acceptors (Lipinski definition) is 2. The zero-order chi connectivity index (χ0) is 13.5. The van der Waals surface area contributed by atoms with E-state index in [0.29, 0.717) is 12.1 Å². The summed E-state index contributed by atoms with van der Waals surface area (Å²) in [6.45, 7) is 5.74. The fourth-order valence-electron chi connectivity index (χ4n) is 4.09. The molecule has 1 aromatic heterocycles. The molecule has 0 saturated carbocycles. The van der Waals surface area contributed by atoms with Gasteiger partial charge in [-0.1, -0.05) is 25.1 Å². The van der Waals surface area contributed by atoms with Crippen molar-refractivity contribution in [3.63, 3.8) is 0 Å². The second-order valence-electron chi connectivity index (χ2n) is 6.14. The van der Waals surface area contributed by atoms with Crippen molar-refractivity contribution in [2.45, 2.75) is 38.3 Å². The van der Waals surface area contributed by atoms with Crippen LogP contribution in [0.3, 0.4) is 0 Å². The van der Waals surface area contributed by atoms with Crippen LogP contribution >= 0.6 is 0 Å². The van der Waals surface area contributed by atoms with Crippen molar-refractivity contribution in [3.8, 4) is 0 Å². The predicted molar refractivity (Wildman–Crippen MR) is 83.0 cm³/mol. The van der Waals surface area contributed by atoms with Gasteiger partial charge in [0.15, 0.2) is 0 Å². The predicted octanol–water partition coefficient (Wildman–Crippen LogP) is 2.84. The molecule has 2 atom stereocenters. The Kier molecular flexibility index (Phi) is 3.04. The fourth-order valence-corrected chi connectivity index (χ4v) is 4.09. The Hall–Kier alpha value is -1.32. The average Bonchev–Trinajstić information content (AvgIpc) is 2.87. The average molecular weight is 269 g/mol. The summed E-state index contributed by atoms with van der Waals surface area (Å²) >= 11 is 0. The largest absolute Gasteiger partial charge is 0.357 e. The summed E-state index contributed by atoms with van der Waals surface area (Å²) in [5.74, 6) is 0. The SMILES string of the molecule is CCN[C@H]1CCN2CCc3c([nH]c4ccccc34)[C@H]2C1. The monoisotopic (exact) mass is 269 g/mol. The molecule has 0 amide bonds. The molecule has 0 aliphatic carbocycles. The van der Waals surface area contributed by atoms with Crippen LogP contribution in [0.2, 0.25) is 0 Å². The van der Waals surface area contributed by atoms with E-state index in [1.54, 1.807) is 5.56 Å². The Bertz CT molecular complexity index is 616. The second kappa shape index (κ2) is 4.90. The quantitative estimate of drug-likeness (QED) is 0.878. The van der Waals surface area contributed by atoms with Crippen LogP contribution in [-0.4, -0.2) is 35.6 Å². The minimum atomic E-state index is 0.587. The van der Waals surface area contributed by atoms with E-state index in [0.717, 1.165) is 6.54 Å². The zero-order valence-electron chi connectivity index (χ0n) is 12.2. The number of aromatic amines is 1. The summed E-state index contributed by atoms with van der Waals surface area (Å²) in [6.07, 6.45) is 3.73. The Morgan fingerprint density at radius 2 is 2.20 bits per heavy atom. The van der Waals surface area contributed by atoms with Gasteiger partial charge < -0.3 is 10.3 Å². The van der Waals surface area contributed by atoms with E-state index >= 15 is 0 Å². The number of nitrogens with one attached hydrogen (secondary N) is 2. The molecule has 2 aliphatic heterocycles. The van der Waals surface area contributed by atoms with Crippen molar-refractivity contribution in [2.24, 2.45) is 0 Å². The van der Waals surface area contributed by atoms with E-state index in [1.165, 1.54) is 48.9 Å². The van der Waals surface area contributed by atoms with Gasteiger partial charge in [0.05, 0.1) is 6.04 Å². The number of aromatic nitrogens is 1. The van der Waals surface area contributed by atoms with E-state index in [-0.39, 0.29) is 0 Å². The summed E-state index contributed by atoms with van der Waals surface area (Å²) in [5.41, 5.74) is 4.36. The highest BCUT2D eigenvalue weighted by Gasteiger charge is 2.34. The van der Waals surface area contributed by atoms with Gasteiger partial charge in [0.2, 0.25) is 0 Å². The first-order chi connectivity index (χ1) is 9.86. The molecule has 0 spiro atoms. The molecule has 3 heteroatoms. The summed E-state index contributed by atoms with van der Waals surface area (Å²) in [4.78, 5) is 6.38. The fraction of sp³-hybridized carbons (Fsp3) is 0.529. The van der Waals surface area contributed by atoms with Gasteiger partial charge in [0.25, 0.3) is 0 Å². The Morgan fingerprint density at radius 1 is 1.30 bits per heavy atom. The first kappa shape index (κ1) is 12.4. The number of fused-ring (bicyclic) bond motifs is 5. The lowest BCUT2D eigenvalue weighted by Crippen LogP contribution is -2.46. The van der Waals surface area contributed by atoms with Gasteiger partial charge in [-0.05, 0) is 37.4 Å². The van der Waals surface area contributed by atoms with E-state index < -0.39 is 0 Å². The highest BCUT2D eigenvalue weighted by atomic mass is 15.2. The van der Waals surface area contributed by atoms with E-state index in [4.69, 9.17) is 0 Å². The van der Waals surface area contributed by atoms with E-state index in [9.17, 15) is 0 Å². The van der Waals surface area contributed by atoms with Gasteiger partial charge in [-0.25, -0.2) is 0 Å². The lowest BCUT2D eigenvalue weighted by Gasteiger charge is -2.42. The van der Waals surface area contributed by atoms with Gasteiger partial charge in [-0.3, -0.25) is 4.90 Å². The van der Waals surface area contributed by atoms with Crippen molar-refractivity contribution in [3.05, 3.63) is 35.5 Å². The number of piperidine rings is 1. The smallest absolute Gasteiger partial charge is 0.0516 e. The van der Waals surface area contributed by atoms with Crippen LogP contribution in [0.15, 0.2) is 24.3 Å². The third-order valence-electron chi connectivity index (χ3n) is 5.04. The van der Waals surface area contributed by atoms with Crippen molar-refractivity contribution >= 4 is 10.9 Å². The maximum Gasteiger partial charge on any atom is 0.0516 e. The molecule has 2 aliphatic rings. The van der Waals surface area contributed by atoms with Gasteiger partial charge in [0, 0.05) is 35.7 Å². The van der Waals surface area contributed by atoms with Crippen LogP contribution in [0.25, 0.3) is 10.9 Å². The normalized spacial score (nSPS) is 26.4. The van der Waals surface area contributed by atoms with Crippen LogP contribution in [0.1, 0.15) is 37.1 Å². The molecule has 2 N–H and O–H groups in total. The second-order valence-corrected chi connectivity index (χ2v) is 6.14. The van der Waals surface area contributed by atoms with Crippen molar-refractivity contribution in [1.82, 2.24) is 15.2 Å². The van der Waals surface area contributed by atoms with Gasteiger partial charge in [-0.15, -0.1) is 0 Å². The number of rotatable bonds is 2. The van der Waals surface area contributed by atoms with Gasteiger partial charge in [0.1, 0.15) is 0 Å². The highest BCUT2D eigenvalue weighted by molar-refractivity contribution is 5.85. The molecule has 4 rings (SSSR count). The zero-order valence-corrected chi connectivity index (χ0v) is 12.2. The Morgan fingerprint density at radius 3 is 3.10 bits per heavy atom. The summed E-state index contributed by atoms with van der Waals surface area (Å²) in [5, 5.41) is 5.08. The van der Waals surface area contributed by atoms with Crippen LogP contribution in [0, 0.1) is 0 Å². The standard InChI is InChI=1S/C17H23N3/c1-2-18-12-7-9-20-10-8-14-13-5-3-4-6-15(13)19-17(14)16(20)11-12/h3-6,12,16,18-19H,2,7-11H2,1H3/t12-,16+/m0/s1. The van der Waals surface area contributed by atoms with Gasteiger partial charge in [-0.2, -0.15) is 0 Å². The lowest BCUT2D eigenvalue weighted by molar-refractivity contribution is 0.114. The Labute approximate surface area is 120 Å².